The van der Waals surface area contributed by atoms with Crippen LogP contribution in [0.4, 0.5) is 0 Å². The van der Waals surface area contributed by atoms with Crippen molar-refractivity contribution in [2.24, 2.45) is 0 Å². The molecule has 0 unspecified atom stereocenters. The van der Waals surface area contributed by atoms with Crippen LogP contribution < -0.4 is 0 Å². The molecular formula is C18H14O4. The summed E-state index contributed by atoms with van der Waals surface area (Å²) in [5, 5.41) is 0. The van der Waals surface area contributed by atoms with E-state index < -0.39 is 11.6 Å². The molecule has 0 bridgehead atoms. The molecule has 0 saturated carbocycles. The van der Waals surface area contributed by atoms with Gasteiger partial charge in [-0.15, -0.1) is 0 Å². The minimum atomic E-state index is -0.648. The molecule has 0 N–H and O–H groups in total. The first-order chi connectivity index (χ1) is 10.4. The van der Waals surface area contributed by atoms with Crippen LogP contribution in [0.2, 0.25) is 0 Å². The molecule has 0 atom stereocenters. The Morgan fingerprint density at radius 2 is 0.727 bits per heavy atom. The summed E-state index contributed by atoms with van der Waals surface area (Å²) in [7, 11) is 0. The summed E-state index contributed by atoms with van der Waals surface area (Å²) in [6.45, 7) is 2.86. The zero-order valence-electron chi connectivity index (χ0n) is 12.3. The average Bonchev–Trinajstić information content (AvgIpc) is 2.53. The van der Waals surface area contributed by atoms with Gasteiger partial charge >= 0.3 is 0 Å². The van der Waals surface area contributed by atoms with Crippen LogP contribution in [0.25, 0.3) is 0 Å². The van der Waals surface area contributed by atoms with Gasteiger partial charge in [-0.05, 0) is 13.8 Å². The Balaban J connectivity index is 2.23. The quantitative estimate of drug-likeness (QED) is 0.627. The van der Waals surface area contributed by atoms with Crippen molar-refractivity contribution in [2.75, 3.05) is 0 Å². The molecule has 2 aromatic carbocycles. The summed E-state index contributed by atoms with van der Waals surface area (Å²) in [6.07, 6.45) is 0. The molecule has 0 radical (unpaired) electrons. The van der Waals surface area contributed by atoms with Crippen LogP contribution >= 0.6 is 0 Å². The first-order valence-electron chi connectivity index (χ1n) is 6.71. The number of hydrogen-bond acceptors (Lipinski definition) is 4. The number of benzene rings is 2. The van der Waals surface area contributed by atoms with E-state index in [1.165, 1.54) is 62.4 Å². The summed E-state index contributed by atoms with van der Waals surface area (Å²) in [4.78, 5) is 46.7. The lowest BCUT2D eigenvalue weighted by atomic mass is 9.99. The van der Waals surface area contributed by atoms with E-state index >= 15 is 0 Å². The van der Waals surface area contributed by atoms with Crippen molar-refractivity contribution in [2.45, 2.75) is 13.8 Å². The third-order valence-corrected chi connectivity index (χ3v) is 3.31. The molecule has 22 heavy (non-hydrogen) atoms. The standard InChI is InChI=1S/C18H14O4/c1-11(19)13-3-7-15(8-4-13)17(21)18(22)16-9-5-14(6-10-16)12(2)20/h3-10H,1-2H3. The van der Waals surface area contributed by atoms with Gasteiger partial charge in [0.25, 0.3) is 0 Å². The van der Waals surface area contributed by atoms with E-state index in [4.69, 9.17) is 0 Å². The Kier molecular flexibility index (Phi) is 4.41. The molecule has 4 heteroatoms. The molecular weight excluding hydrogens is 280 g/mol. The number of ketones is 4. The number of carbonyl (C=O) groups excluding carboxylic acids is 4. The van der Waals surface area contributed by atoms with Crippen molar-refractivity contribution in [1.29, 1.82) is 0 Å². The predicted molar refractivity (Wildman–Crippen MR) is 81.6 cm³/mol. The fourth-order valence-corrected chi connectivity index (χ4v) is 1.97. The van der Waals surface area contributed by atoms with Crippen LogP contribution in [0.15, 0.2) is 48.5 Å². The van der Waals surface area contributed by atoms with Crippen molar-refractivity contribution >= 4 is 23.1 Å². The van der Waals surface area contributed by atoms with Crippen molar-refractivity contribution < 1.29 is 19.2 Å². The molecule has 2 aromatic rings. The van der Waals surface area contributed by atoms with Gasteiger partial charge in [-0.3, -0.25) is 19.2 Å². The predicted octanol–water partition coefficient (Wildman–Crippen LogP) is 3.16. The van der Waals surface area contributed by atoms with Gasteiger partial charge in [-0.25, -0.2) is 0 Å². The van der Waals surface area contributed by atoms with Gasteiger partial charge in [0.05, 0.1) is 0 Å². The van der Waals surface area contributed by atoms with Gasteiger partial charge in [-0.2, -0.15) is 0 Å². The number of carbonyl (C=O) groups is 4. The highest BCUT2D eigenvalue weighted by Crippen LogP contribution is 2.11. The molecule has 0 fully saturated rings. The molecule has 0 aliphatic rings. The Labute approximate surface area is 127 Å². The maximum absolute atomic E-state index is 12.1. The second-order valence-electron chi connectivity index (χ2n) is 4.93. The summed E-state index contributed by atoms with van der Waals surface area (Å²) >= 11 is 0. The van der Waals surface area contributed by atoms with Crippen LogP contribution in [0, 0.1) is 0 Å². The second-order valence-corrected chi connectivity index (χ2v) is 4.93. The van der Waals surface area contributed by atoms with Crippen molar-refractivity contribution in [1.82, 2.24) is 0 Å². The number of rotatable bonds is 5. The topological polar surface area (TPSA) is 68.3 Å². The molecule has 0 aromatic heterocycles. The van der Waals surface area contributed by atoms with Crippen LogP contribution in [-0.4, -0.2) is 23.1 Å². The lowest BCUT2D eigenvalue weighted by Crippen LogP contribution is -2.14. The maximum Gasteiger partial charge on any atom is 0.233 e. The lowest BCUT2D eigenvalue weighted by Gasteiger charge is -2.03. The Hall–Kier alpha value is -2.88. The highest BCUT2D eigenvalue weighted by molar-refractivity contribution is 6.49. The minimum absolute atomic E-state index is 0.106. The van der Waals surface area contributed by atoms with E-state index in [1.807, 2.05) is 0 Å². The molecule has 0 spiro atoms. The van der Waals surface area contributed by atoms with Crippen LogP contribution in [0.3, 0.4) is 0 Å². The summed E-state index contributed by atoms with van der Waals surface area (Å²) in [6, 6.07) is 11.9. The zero-order valence-corrected chi connectivity index (χ0v) is 12.3. The molecule has 0 heterocycles. The highest BCUT2D eigenvalue weighted by atomic mass is 16.2. The van der Waals surface area contributed by atoms with Gasteiger partial charge in [0.1, 0.15) is 0 Å². The Bertz CT molecular complexity index is 685. The van der Waals surface area contributed by atoms with Crippen LogP contribution in [0.1, 0.15) is 55.3 Å². The second kappa shape index (κ2) is 6.26. The minimum Gasteiger partial charge on any atom is -0.295 e. The fourth-order valence-electron chi connectivity index (χ4n) is 1.97. The first-order valence-corrected chi connectivity index (χ1v) is 6.71. The molecule has 0 aliphatic heterocycles. The molecule has 4 nitrogen and oxygen atoms in total. The van der Waals surface area contributed by atoms with E-state index in [1.54, 1.807) is 0 Å². The van der Waals surface area contributed by atoms with E-state index in [-0.39, 0.29) is 22.7 Å². The lowest BCUT2D eigenvalue weighted by molar-refractivity contribution is 0.0817. The van der Waals surface area contributed by atoms with Crippen molar-refractivity contribution in [3.05, 3.63) is 70.8 Å². The summed E-state index contributed by atoms with van der Waals surface area (Å²) in [5.41, 5.74) is 1.42. The molecule has 110 valence electrons. The monoisotopic (exact) mass is 294 g/mol. The van der Waals surface area contributed by atoms with Gasteiger partial charge in [0.15, 0.2) is 11.6 Å². The molecule has 0 saturated heterocycles. The van der Waals surface area contributed by atoms with Gasteiger partial charge in [0, 0.05) is 22.3 Å². The third kappa shape index (κ3) is 3.23. The van der Waals surface area contributed by atoms with Crippen molar-refractivity contribution in [3.63, 3.8) is 0 Å². The fraction of sp³-hybridized carbons (Fsp3) is 0.111. The number of hydrogen-bond donors (Lipinski definition) is 0. The molecule has 2 rings (SSSR count). The van der Waals surface area contributed by atoms with E-state index in [0.29, 0.717) is 11.1 Å². The van der Waals surface area contributed by atoms with E-state index in [0.717, 1.165) is 0 Å². The van der Waals surface area contributed by atoms with Gasteiger partial charge in [0.2, 0.25) is 11.6 Å². The van der Waals surface area contributed by atoms with Crippen LogP contribution in [-0.2, 0) is 0 Å². The largest absolute Gasteiger partial charge is 0.295 e. The summed E-state index contributed by atoms with van der Waals surface area (Å²) in [5.74, 6) is -1.51. The molecule has 0 amide bonds. The zero-order chi connectivity index (χ0) is 16.3. The van der Waals surface area contributed by atoms with Gasteiger partial charge in [-0.1, -0.05) is 48.5 Å². The van der Waals surface area contributed by atoms with E-state index in [2.05, 4.69) is 0 Å². The van der Waals surface area contributed by atoms with E-state index in [9.17, 15) is 19.2 Å². The Morgan fingerprint density at radius 1 is 0.500 bits per heavy atom. The number of Topliss-reactive ketones (excluding diaryl/α,β-unsaturated/α-hetero) is 4. The van der Waals surface area contributed by atoms with Gasteiger partial charge < -0.3 is 0 Å². The maximum atomic E-state index is 12.1. The SMILES string of the molecule is CC(=O)c1ccc(C(=O)C(=O)c2ccc(C(C)=O)cc2)cc1. The highest BCUT2D eigenvalue weighted by Gasteiger charge is 2.18. The average molecular weight is 294 g/mol. The normalized spacial score (nSPS) is 10.1. The third-order valence-electron chi connectivity index (χ3n) is 3.31. The Morgan fingerprint density at radius 3 is 0.955 bits per heavy atom. The van der Waals surface area contributed by atoms with Crippen molar-refractivity contribution in [3.8, 4) is 0 Å². The summed E-state index contributed by atoms with van der Waals surface area (Å²) < 4.78 is 0. The van der Waals surface area contributed by atoms with Crippen LogP contribution in [0.5, 0.6) is 0 Å². The molecule has 0 aliphatic carbocycles. The first kappa shape index (κ1) is 15.5. The smallest absolute Gasteiger partial charge is 0.233 e.